The van der Waals surface area contributed by atoms with Gasteiger partial charge >= 0.3 is 11.7 Å². The summed E-state index contributed by atoms with van der Waals surface area (Å²) < 4.78 is 4.94. The van der Waals surface area contributed by atoms with Crippen LogP contribution in [-0.2, 0) is 4.74 Å². The normalized spacial score (nSPS) is 10.1. The molecule has 0 aliphatic heterocycles. The zero-order valence-electron chi connectivity index (χ0n) is 11.4. The van der Waals surface area contributed by atoms with Gasteiger partial charge in [-0.15, -0.1) is 0 Å². The van der Waals surface area contributed by atoms with Gasteiger partial charge in [-0.2, -0.15) is 0 Å². The number of esters is 1. The Morgan fingerprint density at radius 1 is 1.41 bits per heavy atom. The number of rotatable bonds is 5. The first-order chi connectivity index (χ1) is 10.5. The number of nitrogens with one attached hydrogen (secondary N) is 1. The fourth-order valence-electron chi connectivity index (χ4n) is 1.72. The molecule has 0 radical (unpaired) electrons. The van der Waals surface area contributed by atoms with E-state index in [-0.39, 0.29) is 23.1 Å². The van der Waals surface area contributed by atoms with Gasteiger partial charge in [0.25, 0.3) is 0 Å². The zero-order chi connectivity index (χ0) is 16.1. The van der Waals surface area contributed by atoms with Crippen LogP contribution in [0.1, 0.15) is 17.3 Å². The van der Waals surface area contributed by atoms with Crippen molar-refractivity contribution in [3.05, 3.63) is 51.4 Å². The van der Waals surface area contributed by atoms with Crippen LogP contribution < -0.4 is 5.32 Å². The van der Waals surface area contributed by atoms with Crippen molar-refractivity contribution in [2.24, 2.45) is 0 Å². The van der Waals surface area contributed by atoms with Gasteiger partial charge in [0.1, 0.15) is 6.33 Å². The molecular weight excluding hydrogens is 312 g/mol. The van der Waals surface area contributed by atoms with Gasteiger partial charge in [-0.3, -0.25) is 10.1 Å². The van der Waals surface area contributed by atoms with Crippen molar-refractivity contribution in [1.29, 1.82) is 0 Å². The van der Waals surface area contributed by atoms with Crippen LogP contribution in [0.25, 0.3) is 0 Å². The molecule has 0 fully saturated rings. The van der Waals surface area contributed by atoms with Crippen LogP contribution in [0.15, 0.2) is 30.6 Å². The molecule has 0 spiro atoms. The van der Waals surface area contributed by atoms with Gasteiger partial charge in [0.05, 0.1) is 22.8 Å². The fraction of sp³-hybridized carbons (Fsp3) is 0.154. The molecule has 1 aromatic carbocycles. The van der Waals surface area contributed by atoms with Crippen molar-refractivity contribution in [2.75, 3.05) is 11.9 Å². The minimum atomic E-state index is -0.697. The van der Waals surface area contributed by atoms with Gasteiger partial charge < -0.3 is 10.1 Å². The number of para-hydroxylation sites is 1. The molecule has 1 aromatic heterocycles. The number of hydrogen-bond acceptors (Lipinski definition) is 7. The van der Waals surface area contributed by atoms with Crippen molar-refractivity contribution in [1.82, 2.24) is 9.97 Å². The maximum atomic E-state index is 11.9. The van der Waals surface area contributed by atoms with Crippen LogP contribution in [0.5, 0.6) is 0 Å². The van der Waals surface area contributed by atoms with Crippen LogP contribution in [0, 0.1) is 10.1 Å². The third-order valence-electron chi connectivity index (χ3n) is 2.64. The van der Waals surface area contributed by atoms with Crippen LogP contribution in [-0.4, -0.2) is 27.5 Å². The van der Waals surface area contributed by atoms with Gasteiger partial charge in [-0.05, 0) is 19.1 Å². The van der Waals surface area contributed by atoms with Crippen molar-refractivity contribution in [3.8, 4) is 0 Å². The van der Waals surface area contributed by atoms with E-state index in [0.717, 1.165) is 6.33 Å². The highest BCUT2D eigenvalue weighted by Gasteiger charge is 2.23. The Bertz CT molecular complexity index is 723. The average Bonchev–Trinajstić information content (AvgIpc) is 2.47. The van der Waals surface area contributed by atoms with Crippen molar-refractivity contribution < 1.29 is 14.5 Å². The van der Waals surface area contributed by atoms with Gasteiger partial charge in [-0.1, -0.05) is 23.7 Å². The SMILES string of the molecule is CCOC(=O)c1ccccc1Nc1ncnc(Cl)c1[N+](=O)[O-]. The molecule has 1 heterocycles. The molecular formula is C13H11ClN4O4. The highest BCUT2D eigenvalue weighted by atomic mass is 35.5. The smallest absolute Gasteiger partial charge is 0.348 e. The first kappa shape index (κ1) is 15.6. The summed E-state index contributed by atoms with van der Waals surface area (Å²) in [5.74, 6) is -0.657. The van der Waals surface area contributed by atoms with E-state index in [0.29, 0.717) is 5.69 Å². The van der Waals surface area contributed by atoms with Gasteiger partial charge in [0, 0.05) is 0 Å². The molecule has 114 valence electrons. The summed E-state index contributed by atoms with van der Waals surface area (Å²) in [5.41, 5.74) is 0.0787. The average molecular weight is 323 g/mol. The molecule has 8 nitrogen and oxygen atoms in total. The highest BCUT2D eigenvalue weighted by Crippen LogP contribution is 2.31. The lowest BCUT2D eigenvalue weighted by Crippen LogP contribution is -2.09. The lowest BCUT2D eigenvalue weighted by molar-refractivity contribution is -0.384. The number of carbonyl (C=O) groups excluding carboxylic acids is 1. The Kier molecular flexibility index (Phi) is 4.84. The molecule has 0 bridgehead atoms. The molecule has 0 saturated heterocycles. The second-order valence-corrected chi connectivity index (χ2v) is 4.37. The predicted octanol–water partition coefficient (Wildman–Crippen LogP) is 2.96. The summed E-state index contributed by atoms with van der Waals surface area (Å²) in [6, 6.07) is 6.43. The molecule has 22 heavy (non-hydrogen) atoms. The van der Waals surface area contributed by atoms with Crippen LogP contribution in [0.2, 0.25) is 5.15 Å². The zero-order valence-corrected chi connectivity index (χ0v) is 12.2. The Labute approximate surface area is 130 Å². The Balaban J connectivity index is 2.43. The number of nitro groups is 1. The first-order valence-electron chi connectivity index (χ1n) is 6.22. The van der Waals surface area contributed by atoms with E-state index in [1.54, 1.807) is 25.1 Å². The lowest BCUT2D eigenvalue weighted by atomic mass is 10.2. The maximum Gasteiger partial charge on any atom is 0.348 e. The molecule has 0 aliphatic rings. The van der Waals surface area contributed by atoms with E-state index in [1.165, 1.54) is 6.07 Å². The monoisotopic (exact) mass is 322 g/mol. The lowest BCUT2D eigenvalue weighted by Gasteiger charge is -2.10. The Morgan fingerprint density at radius 2 is 2.14 bits per heavy atom. The number of hydrogen-bond donors (Lipinski definition) is 1. The van der Waals surface area contributed by atoms with Crippen LogP contribution >= 0.6 is 11.6 Å². The number of nitrogens with zero attached hydrogens (tertiary/aromatic N) is 3. The van der Waals surface area contributed by atoms with Gasteiger partial charge in [0.2, 0.25) is 11.0 Å². The molecule has 2 rings (SSSR count). The van der Waals surface area contributed by atoms with Gasteiger partial charge in [0.15, 0.2) is 0 Å². The standard InChI is InChI=1S/C13H11ClN4O4/c1-2-22-13(19)8-5-3-4-6-9(8)17-12-10(18(20)21)11(14)15-7-16-12/h3-7H,2H2,1H3,(H,15,16,17). The molecule has 9 heteroatoms. The summed E-state index contributed by atoms with van der Waals surface area (Å²) in [4.78, 5) is 29.6. The summed E-state index contributed by atoms with van der Waals surface area (Å²) in [5, 5.41) is 13.5. The maximum absolute atomic E-state index is 11.9. The summed E-state index contributed by atoms with van der Waals surface area (Å²) >= 11 is 5.72. The van der Waals surface area contributed by atoms with E-state index < -0.39 is 16.6 Å². The Hall–Kier alpha value is -2.74. The van der Waals surface area contributed by atoms with E-state index in [1.807, 2.05) is 0 Å². The minimum absolute atomic E-state index is 0.109. The van der Waals surface area contributed by atoms with E-state index in [4.69, 9.17) is 16.3 Å². The fourth-order valence-corrected chi connectivity index (χ4v) is 1.92. The molecule has 1 N–H and O–H groups in total. The second kappa shape index (κ2) is 6.81. The van der Waals surface area contributed by atoms with E-state index in [9.17, 15) is 14.9 Å². The first-order valence-corrected chi connectivity index (χ1v) is 6.60. The second-order valence-electron chi connectivity index (χ2n) is 4.01. The summed E-state index contributed by atoms with van der Waals surface area (Å²) in [7, 11) is 0. The van der Waals surface area contributed by atoms with Gasteiger partial charge in [-0.25, -0.2) is 14.8 Å². The highest BCUT2D eigenvalue weighted by molar-refractivity contribution is 6.31. The number of aromatic nitrogens is 2. The largest absolute Gasteiger partial charge is 0.462 e. The quantitative estimate of drug-likeness (QED) is 0.390. The predicted molar refractivity (Wildman–Crippen MR) is 79.4 cm³/mol. The number of ether oxygens (including phenoxy) is 1. The third kappa shape index (κ3) is 3.29. The number of anilines is 2. The van der Waals surface area contributed by atoms with Crippen LogP contribution in [0.3, 0.4) is 0 Å². The molecule has 0 unspecified atom stereocenters. The molecule has 0 aliphatic carbocycles. The number of carbonyl (C=O) groups is 1. The number of halogens is 1. The molecule has 0 saturated carbocycles. The van der Waals surface area contributed by atoms with E-state index >= 15 is 0 Å². The molecule has 0 atom stereocenters. The van der Waals surface area contributed by atoms with E-state index in [2.05, 4.69) is 15.3 Å². The number of benzene rings is 1. The summed E-state index contributed by atoms with van der Waals surface area (Å²) in [6.07, 6.45) is 1.09. The topological polar surface area (TPSA) is 107 Å². The van der Waals surface area contributed by atoms with Crippen molar-refractivity contribution >= 4 is 34.8 Å². The van der Waals surface area contributed by atoms with Crippen molar-refractivity contribution in [2.45, 2.75) is 6.92 Å². The molecule has 2 aromatic rings. The minimum Gasteiger partial charge on any atom is -0.462 e. The van der Waals surface area contributed by atoms with Crippen LogP contribution in [0.4, 0.5) is 17.2 Å². The third-order valence-corrected chi connectivity index (χ3v) is 2.91. The Morgan fingerprint density at radius 3 is 2.82 bits per heavy atom. The van der Waals surface area contributed by atoms with Crippen molar-refractivity contribution in [3.63, 3.8) is 0 Å². The molecule has 0 amide bonds. The summed E-state index contributed by atoms with van der Waals surface area (Å²) in [6.45, 7) is 1.90.